The highest BCUT2D eigenvalue weighted by Crippen LogP contribution is 2.27. The number of nitrogens with one attached hydrogen (secondary N) is 1. The van der Waals surface area contributed by atoms with Gasteiger partial charge in [-0.15, -0.1) is 11.3 Å². The van der Waals surface area contributed by atoms with Crippen molar-refractivity contribution in [2.75, 3.05) is 6.54 Å². The number of benzene rings is 1. The van der Waals surface area contributed by atoms with Gasteiger partial charge in [0.05, 0.1) is 0 Å². The maximum absolute atomic E-state index is 13.7. The van der Waals surface area contributed by atoms with Crippen molar-refractivity contribution in [3.63, 3.8) is 0 Å². The molecule has 1 atom stereocenters. The van der Waals surface area contributed by atoms with Gasteiger partial charge in [0.15, 0.2) is 0 Å². The first kappa shape index (κ1) is 13.2. The predicted octanol–water partition coefficient (Wildman–Crippen LogP) is 4.09. The largest absolute Gasteiger partial charge is 0.309 e. The van der Waals surface area contributed by atoms with Crippen molar-refractivity contribution in [2.24, 2.45) is 0 Å². The Balaban J connectivity index is 2.22. The fraction of sp³-hybridized carbons (Fsp3) is 0.333. The predicted molar refractivity (Wildman–Crippen MR) is 75.6 cm³/mol. The van der Waals surface area contributed by atoms with E-state index in [0.29, 0.717) is 6.42 Å². The number of thiophene rings is 1. The van der Waals surface area contributed by atoms with Gasteiger partial charge in [0.2, 0.25) is 0 Å². The van der Waals surface area contributed by atoms with E-state index in [2.05, 4.69) is 30.6 Å². The lowest BCUT2D eigenvalue weighted by Crippen LogP contribution is -2.23. The summed E-state index contributed by atoms with van der Waals surface area (Å²) in [5, 5.41) is 5.54. The number of likely N-dealkylation sites (N-methyl/N-ethyl adjacent to an activating group) is 1. The standard InChI is InChI=1S/C15H18FNS/c1-3-17-14(15-11(2)8-9-18-15)10-12-6-4-5-7-13(12)16/h4-9,14,17H,3,10H2,1-2H3. The van der Waals surface area contributed by atoms with Crippen molar-refractivity contribution < 1.29 is 4.39 Å². The van der Waals surface area contributed by atoms with E-state index in [9.17, 15) is 4.39 Å². The molecule has 2 aromatic rings. The molecule has 0 radical (unpaired) electrons. The second-order valence-corrected chi connectivity index (χ2v) is 5.32. The Morgan fingerprint density at radius 2 is 2.06 bits per heavy atom. The van der Waals surface area contributed by atoms with Crippen LogP contribution in [0.15, 0.2) is 35.7 Å². The van der Waals surface area contributed by atoms with Crippen LogP contribution in [0.25, 0.3) is 0 Å². The molecule has 0 spiro atoms. The molecular weight excluding hydrogens is 245 g/mol. The Morgan fingerprint density at radius 1 is 1.28 bits per heavy atom. The van der Waals surface area contributed by atoms with E-state index in [1.165, 1.54) is 16.5 Å². The minimum Gasteiger partial charge on any atom is -0.309 e. The van der Waals surface area contributed by atoms with Crippen LogP contribution in [-0.4, -0.2) is 6.54 Å². The Hall–Kier alpha value is -1.19. The van der Waals surface area contributed by atoms with Gasteiger partial charge in [0.25, 0.3) is 0 Å². The minimum absolute atomic E-state index is 0.116. The van der Waals surface area contributed by atoms with Gasteiger partial charge in [0.1, 0.15) is 5.82 Å². The number of hydrogen-bond donors (Lipinski definition) is 1. The Morgan fingerprint density at radius 3 is 2.67 bits per heavy atom. The molecule has 1 heterocycles. The fourth-order valence-corrected chi connectivity index (χ4v) is 3.13. The summed E-state index contributed by atoms with van der Waals surface area (Å²) in [6.07, 6.45) is 0.696. The summed E-state index contributed by atoms with van der Waals surface area (Å²) in [6.45, 7) is 5.07. The zero-order valence-corrected chi connectivity index (χ0v) is 11.6. The van der Waals surface area contributed by atoms with E-state index in [0.717, 1.165) is 12.1 Å². The maximum Gasteiger partial charge on any atom is 0.126 e. The molecule has 0 aliphatic heterocycles. The van der Waals surface area contributed by atoms with Crippen LogP contribution in [0.3, 0.4) is 0 Å². The van der Waals surface area contributed by atoms with Gasteiger partial charge in [0, 0.05) is 10.9 Å². The van der Waals surface area contributed by atoms with E-state index in [1.807, 2.05) is 12.1 Å². The van der Waals surface area contributed by atoms with Crippen molar-refractivity contribution >= 4 is 11.3 Å². The normalized spacial score (nSPS) is 12.6. The summed E-state index contributed by atoms with van der Waals surface area (Å²) in [6, 6.07) is 9.33. The summed E-state index contributed by atoms with van der Waals surface area (Å²) in [7, 11) is 0. The summed E-state index contributed by atoms with van der Waals surface area (Å²) in [5.41, 5.74) is 2.05. The third-order valence-electron chi connectivity index (χ3n) is 3.05. The molecule has 1 unspecified atom stereocenters. The third-order valence-corrected chi connectivity index (χ3v) is 4.18. The van der Waals surface area contributed by atoms with Crippen LogP contribution in [-0.2, 0) is 6.42 Å². The second-order valence-electron chi connectivity index (χ2n) is 4.37. The van der Waals surface area contributed by atoms with Crippen LogP contribution in [0.5, 0.6) is 0 Å². The van der Waals surface area contributed by atoms with Crippen LogP contribution in [0.1, 0.15) is 29.0 Å². The summed E-state index contributed by atoms with van der Waals surface area (Å²) in [5.74, 6) is -0.116. The molecule has 2 rings (SSSR count). The number of rotatable bonds is 5. The lowest BCUT2D eigenvalue weighted by Gasteiger charge is -2.18. The topological polar surface area (TPSA) is 12.0 Å². The van der Waals surface area contributed by atoms with Crippen molar-refractivity contribution in [3.05, 3.63) is 57.5 Å². The zero-order valence-electron chi connectivity index (χ0n) is 10.7. The number of hydrogen-bond acceptors (Lipinski definition) is 2. The Kier molecular flexibility index (Phi) is 4.50. The van der Waals surface area contributed by atoms with E-state index < -0.39 is 0 Å². The average Bonchev–Trinajstić information content (AvgIpc) is 2.78. The average molecular weight is 263 g/mol. The molecule has 0 saturated heterocycles. The Bertz CT molecular complexity index is 507. The summed E-state index contributed by atoms with van der Waals surface area (Å²) >= 11 is 1.74. The van der Waals surface area contributed by atoms with Crippen LogP contribution < -0.4 is 5.32 Å². The van der Waals surface area contributed by atoms with Crippen molar-refractivity contribution in [1.29, 1.82) is 0 Å². The van der Waals surface area contributed by atoms with Gasteiger partial charge in [-0.1, -0.05) is 25.1 Å². The van der Waals surface area contributed by atoms with Gasteiger partial charge in [-0.05, 0) is 48.5 Å². The first-order valence-electron chi connectivity index (χ1n) is 6.23. The van der Waals surface area contributed by atoms with Crippen LogP contribution in [0.2, 0.25) is 0 Å². The number of halogens is 1. The van der Waals surface area contributed by atoms with E-state index in [4.69, 9.17) is 0 Å². The van der Waals surface area contributed by atoms with Gasteiger partial charge in [-0.3, -0.25) is 0 Å². The molecule has 18 heavy (non-hydrogen) atoms. The van der Waals surface area contributed by atoms with Gasteiger partial charge in [-0.25, -0.2) is 4.39 Å². The molecule has 0 amide bonds. The van der Waals surface area contributed by atoms with Gasteiger partial charge < -0.3 is 5.32 Å². The molecule has 3 heteroatoms. The highest BCUT2D eigenvalue weighted by molar-refractivity contribution is 7.10. The highest BCUT2D eigenvalue weighted by atomic mass is 32.1. The van der Waals surface area contributed by atoms with E-state index >= 15 is 0 Å². The van der Waals surface area contributed by atoms with Gasteiger partial charge >= 0.3 is 0 Å². The molecule has 0 aliphatic rings. The molecule has 0 bridgehead atoms. The molecule has 1 N–H and O–H groups in total. The smallest absolute Gasteiger partial charge is 0.126 e. The third kappa shape index (κ3) is 2.98. The molecule has 0 aliphatic carbocycles. The van der Waals surface area contributed by atoms with Crippen molar-refractivity contribution in [3.8, 4) is 0 Å². The first-order valence-corrected chi connectivity index (χ1v) is 7.11. The molecular formula is C15H18FNS. The lowest BCUT2D eigenvalue weighted by atomic mass is 10.0. The zero-order chi connectivity index (χ0) is 13.0. The summed E-state index contributed by atoms with van der Waals surface area (Å²) in [4.78, 5) is 1.31. The second kappa shape index (κ2) is 6.12. The lowest BCUT2D eigenvalue weighted by molar-refractivity contribution is 0.532. The molecule has 0 fully saturated rings. The SMILES string of the molecule is CCNC(Cc1ccccc1F)c1sccc1C. The number of aryl methyl sites for hydroxylation is 1. The quantitative estimate of drug-likeness (QED) is 0.856. The Labute approximate surface area is 112 Å². The molecule has 0 saturated carbocycles. The summed E-state index contributed by atoms with van der Waals surface area (Å²) < 4.78 is 13.7. The van der Waals surface area contributed by atoms with Crippen molar-refractivity contribution in [1.82, 2.24) is 5.32 Å². The minimum atomic E-state index is -0.116. The first-order chi connectivity index (χ1) is 8.72. The van der Waals surface area contributed by atoms with Crippen LogP contribution >= 0.6 is 11.3 Å². The molecule has 1 aromatic carbocycles. The van der Waals surface area contributed by atoms with Crippen LogP contribution in [0.4, 0.5) is 4.39 Å². The van der Waals surface area contributed by atoms with Crippen LogP contribution in [0, 0.1) is 12.7 Å². The molecule has 1 aromatic heterocycles. The highest BCUT2D eigenvalue weighted by Gasteiger charge is 2.16. The monoisotopic (exact) mass is 263 g/mol. The maximum atomic E-state index is 13.7. The molecule has 96 valence electrons. The van der Waals surface area contributed by atoms with Gasteiger partial charge in [-0.2, -0.15) is 0 Å². The fourth-order valence-electron chi connectivity index (χ4n) is 2.13. The molecule has 1 nitrogen and oxygen atoms in total. The van der Waals surface area contributed by atoms with E-state index in [1.54, 1.807) is 17.4 Å². The van der Waals surface area contributed by atoms with Crippen molar-refractivity contribution in [2.45, 2.75) is 26.3 Å². The van der Waals surface area contributed by atoms with E-state index in [-0.39, 0.29) is 11.9 Å².